The Morgan fingerprint density at radius 1 is 1.11 bits per heavy atom. The van der Waals surface area contributed by atoms with Crippen LogP contribution in [0, 0.1) is 0 Å². The molecule has 3 aromatic heterocycles. The number of hydrogen-bond donors (Lipinski definition) is 1. The maximum absolute atomic E-state index is 12.6. The standard InChI is InChI=1S/C22H21N5O/c1-15(2)27-20(26-19-9-5-11-24-21(19)27)17-7-3-8-18(12-17)22(28)25-14-16-6-4-10-23-13-16/h3-13,15H,14H2,1-2H3,(H,25,28). The number of nitrogens with zero attached hydrogens (tertiary/aromatic N) is 4. The van der Waals surface area contributed by atoms with Gasteiger partial charge in [-0.15, -0.1) is 0 Å². The highest BCUT2D eigenvalue weighted by Crippen LogP contribution is 2.27. The van der Waals surface area contributed by atoms with Crippen molar-refractivity contribution in [3.05, 3.63) is 78.2 Å². The lowest BCUT2D eigenvalue weighted by Crippen LogP contribution is -2.22. The number of rotatable bonds is 5. The van der Waals surface area contributed by atoms with E-state index in [-0.39, 0.29) is 11.9 Å². The largest absolute Gasteiger partial charge is 0.348 e. The fraction of sp³-hybridized carbons (Fsp3) is 0.182. The van der Waals surface area contributed by atoms with Crippen LogP contribution in [0.4, 0.5) is 0 Å². The molecule has 0 unspecified atom stereocenters. The van der Waals surface area contributed by atoms with Gasteiger partial charge in [-0.25, -0.2) is 9.97 Å². The molecule has 4 aromatic rings. The number of carbonyl (C=O) groups is 1. The third-order valence-electron chi connectivity index (χ3n) is 4.52. The van der Waals surface area contributed by atoms with Gasteiger partial charge in [-0.05, 0) is 49.7 Å². The highest BCUT2D eigenvalue weighted by Gasteiger charge is 2.17. The molecule has 6 nitrogen and oxygen atoms in total. The third-order valence-corrected chi connectivity index (χ3v) is 4.52. The molecule has 0 aliphatic rings. The molecule has 1 amide bonds. The summed E-state index contributed by atoms with van der Waals surface area (Å²) < 4.78 is 2.10. The first-order valence-electron chi connectivity index (χ1n) is 9.24. The minimum atomic E-state index is -0.129. The second-order valence-electron chi connectivity index (χ2n) is 6.87. The summed E-state index contributed by atoms with van der Waals surface area (Å²) in [5.41, 5.74) is 4.13. The predicted molar refractivity (Wildman–Crippen MR) is 109 cm³/mol. The van der Waals surface area contributed by atoms with Gasteiger partial charge in [0.15, 0.2) is 5.65 Å². The molecule has 140 valence electrons. The molecule has 0 saturated carbocycles. The molecular formula is C22H21N5O. The molecular weight excluding hydrogens is 350 g/mol. The summed E-state index contributed by atoms with van der Waals surface area (Å²) in [4.78, 5) is 25.9. The number of nitrogens with one attached hydrogen (secondary N) is 1. The van der Waals surface area contributed by atoms with E-state index in [0.717, 1.165) is 28.1 Å². The van der Waals surface area contributed by atoms with Gasteiger partial charge in [-0.1, -0.05) is 18.2 Å². The predicted octanol–water partition coefficient (Wildman–Crippen LogP) is 4.00. The minimum absolute atomic E-state index is 0.129. The van der Waals surface area contributed by atoms with Gasteiger partial charge in [-0.2, -0.15) is 0 Å². The van der Waals surface area contributed by atoms with Crippen LogP contribution in [-0.4, -0.2) is 25.4 Å². The first-order chi connectivity index (χ1) is 13.6. The normalized spacial score (nSPS) is 11.1. The Labute approximate surface area is 163 Å². The van der Waals surface area contributed by atoms with Crippen molar-refractivity contribution in [2.75, 3.05) is 0 Å². The molecule has 1 N–H and O–H groups in total. The zero-order valence-corrected chi connectivity index (χ0v) is 15.8. The van der Waals surface area contributed by atoms with Crippen molar-refractivity contribution in [1.82, 2.24) is 24.8 Å². The third kappa shape index (κ3) is 3.49. The second kappa shape index (κ2) is 7.60. The number of hydrogen-bond acceptors (Lipinski definition) is 4. The Hall–Kier alpha value is -3.54. The van der Waals surface area contributed by atoms with E-state index in [1.807, 2.05) is 48.5 Å². The summed E-state index contributed by atoms with van der Waals surface area (Å²) in [6.07, 6.45) is 5.23. The average Bonchev–Trinajstić information content (AvgIpc) is 3.13. The van der Waals surface area contributed by atoms with E-state index in [9.17, 15) is 4.79 Å². The average molecular weight is 371 g/mol. The molecule has 0 saturated heterocycles. The molecule has 0 bridgehead atoms. The molecule has 3 heterocycles. The lowest BCUT2D eigenvalue weighted by molar-refractivity contribution is 0.0951. The summed E-state index contributed by atoms with van der Waals surface area (Å²) in [5.74, 6) is 0.682. The van der Waals surface area contributed by atoms with E-state index in [1.54, 1.807) is 18.6 Å². The van der Waals surface area contributed by atoms with Crippen LogP contribution in [0.2, 0.25) is 0 Å². The Balaban J connectivity index is 1.65. The molecule has 28 heavy (non-hydrogen) atoms. The number of aromatic nitrogens is 4. The van der Waals surface area contributed by atoms with Gasteiger partial charge < -0.3 is 9.88 Å². The fourth-order valence-electron chi connectivity index (χ4n) is 3.21. The number of benzene rings is 1. The number of pyridine rings is 2. The van der Waals surface area contributed by atoms with Crippen LogP contribution in [0.1, 0.15) is 35.8 Å². The quantitative estimate of drug-likeness (QED) is 0.575. The number of imidazole rings is 1. The van der Waals surface area contributed by atoms with Crippen molar-refractivity contribution in [1.29, 1.82) is 0 Å². The van der Waals surface area contributed by atoms with Crippen LogP contribution in [0.3, 0.4) is 0 Å². The zero-order chi connectivity index (χ0) is 19.5. The highest BCUT2D eigenvalue weighted by atomic mass is 16.1. The fourth-order valence-corrected chi connectivity index (χ4v) is 3.21. The van der Waals surface area contributed by atoms with E-state index >= 15 is 0 Å². The molecule has 0 aliphatic carbocycles. The summed E-state index contributed by atoms with van der Waals surface area (Å²) in [6, 6.07) is 15.3. The lowest BCUT2D eigenvalue weighted by atomic mass is 10.1. The van der Waals surface area contributed by atoms with Crippen molar-refractivity contribution in [2.45, 2.75) is 26.4 Å². The van der Waals surface area contributed by atoms with Gasteiger partial charge >= 0.3 is 0 Å². The minimum Gasteiger partial charge on any atom is -0.348 e. The molecule has 0 radical (unpaired) electrons. The zero-order valence-electron chi connectivity index (χ0n) is 15.8. The van der Waals surface area contributed by atoms with Crippen LogP contribution in [0.15, 0.2) is 67.1 Å². The van der Waals surface area contributed by atoms with Crippen LogP contribution < -0.4 is 5.32 Å². The summed E-state index contributed by atoms with van der Waals surface area (Å²) >= 11 is 0. The Morgan fingerprint density at radius 2 is 1.96 bits per heavy atom. The SMILES string of the molecule is CC(C)n1c(-c2cccc(C(=O)NCc3cccnc3)c2)nc2cccnc21. The monoisotopic (exact) mass is 371 g/mol. The second-order valence-corrected chi connectivity index (χ2v) is 6.87. The molecule has 6 heteroatoms. The topological polar surface area (TPSA) is 72.7 Å². The molecule has 0 aliphatic heterocycles. The van der Waals surface area contributed by atoms with Gasteiger partial charge in [0, 0.05) is 42.3 Å². The van der Waals surface area contributed by atoms with E-state index in [4.69, 9.17) is 4.98 Å². The van der Waals surface area contributed by atoms with Gasteiger partial charge in [0.1, 0.15) is 11.3 Å². The maximum atomic E-state index is 12.6. The maximum Gasteiger partial charge on any atom is 0.251 e. The molecule has 4 rings (SSSR count). The number of amides is 1. The first-order valence-corrected chi connectivity index (χ1v) is 9.24. The van der Waals surface area contributed by atoms with Gasteiger partial charge in [0.25, 0.3) is 5.91 Å². The molecule has 0 fully saturated rings. The number of fused-ring (bicyclic) bond motifs is 1. The van der Waals surface area contributed by atoms with Crippen LogP contribution >= 0.6 is 0 Å². The molecule has 0 spiro atoms. The first kappa shape index (κ1) is 17.9. The van der Waals surface area contributed by atoms with Crippen LogP contribution in [0.5, 0.6) is 0 Å². The van der Waals surface area contributed by atoms with Crippen molar-refractivity contribution in [3.63, 3.8) is 0 Å². The Morgan fingerprint density at radius 3 is 2.75 bits per heavy atom. The summed E-state index contributed by atoms with van der Waals surface area (Å²) in [7, 11) is 0. The van der Waals surface area contributed by atoms with Crippen molar-refractivity contribution >= 4 is 17.1 Å². The number of carbonyl (C=O) groups excluding carboxylic acids is 1. The van der Waals surface area contributed by atoms with E-state index in [1.165, 1.54) is 0 Å². The summed E-state index contributed by atoms with van der Waals surface area (Å²) in [5, 5.41) is 2.94. The molecule has 1 aromatic carbocycles. The summed E-state index contributed by atoms with van der Waals surface area (Å²) in [6.45, 7) is 4.64. The highest BCUT2D eigenvalue weighted by molar-refractivity contribution is 5.95. The van der Waals surface area contributed by atoms with Crippen molar-refractivity contribution < 1.29 is 4.79 Å². The Kier molecular flexibility index (Phi) is 4.85. The van der Waals surface area contributed by atoms with Crippen molar-refractivity contribution in [3.8, 4) is 11.4 Å². The van der Waals surface area contributed by atoms with Gasteiger partial charge in [0.2, 0.25) is 0 Å². The molecule has 0 atom stereocenters. The lowest BCUT2D eigenvalue weighted by Gasteiger charge is -2.13. The van der Waals surface area contributed by atoms with Crippen LogP contribution in [-0.2, 0) is 6.54 Å². The van der Waals surface area contributed by atoms with Crippen molar-refractivity contribution in [2.24, 2.45) is 0 Å². The Bertz CT molecular complexity index is 1120. The van der Waals surface area contributed by atoms with Gasteiger partial charge in [-0.3, -0.25) is 9.78 Å². The van der Waals surface area contributed by atoms with E-state index < -0.39 is 0 Å². The van der Waals surface area contributed by atoms with Crippen LogP contribution in [0.25, 0.3) is 22.6 Å². The van der Waals surface area contributed by atoms with E-state index in [2.05, 4.69) is 33.7 Å². The smallest absolute Gasteiger partial charge is 0.251 e. The van der Waals surface area contributed by atoms with Gasteiger partial charge in [0.05, 0.1) is 0 Å². The van der Waals surface area contributed by atoms with E-state index in [0.29, 0.717) is 12.1 Å².